The molecular formula is C20H24N2O5S. The minimum atomic E-state index is -3.71. The van der Waals surface area contributed by atoms with E-state index in [2.05, 4.69) is 5.32 Å². The molecule has 1 fully saturated rings. The third kappa shape index (κ3) is 4.28. The van der Waals surface area contributed by atoms with Gasteiger partial charge in [-0.1, -0.05) is 0 Å². The highest BCUT2D eigenvalue weighted by atomic mass is 32.2. The van der Waals surface area contributed by atoms with Crippen molar-refractivity contribution in [2.45, 2.75) is 24.7 Å². The van der Waals surface area contributed by atoms with Crippen molar-refractivity contribution in [1.82, 2.24) is 4.31 Å². The third-order valence-corrected chi connectivity index (χ3v) is 6.45. The van der Waals surface area contributed by atoms with E-state index < -0.39 is 15.9 Å². The first-order chi connectivity index (χ1) is 13.5. The lowest BCUT2D eigenvalue weighted by molar-refractivity contribution is 0.102. The number of anilines is 1. The summed E-state index contributed by atoms with van der Waals surface area (Å²) in [5, 5.41) is 2.77. The number of amides is 1. The number of carbonyl (C=O) groups excluding carboxylic acids is 1. The minimum Gasteiger partial charge on any atom is -0.495 e. The molecule has 0 spiro atoms. The largest absolute Gasteiger partial charge is 0.495 e. The van der Waals surface area contributed by atoms with Crippen LogP contribution in [0.4, 0.5) is 5.69 Å². The molecule has 150 valence electrons. The van der Waals surface area contributed by atoms with E-state index in [4.69, 9.17) is 9.47 Å². The average molecular weight is 404 g/mol. The molecule has 1 aliphatic heterocycles. The van der Waals surface area contributed by atoms with Gasteiger partial charge in [-0.05, 0) is 62.2 Å². The fourth-order valence-corrected chi connectivity index (χ4v) is 4.79. The maximum Gasteiger partial charge on any atom is 0.255 e. The Kier molecular flexibility index (Phi) is 6.21. The number of hydrogen-bond donors (Lipinski definition) is 1. The van der Waals surface area contributed by atoms with Gasteiger partial charge in [0.25, 0.3) is 5.91 Å². The van der Waals surface area contributed by atoms with E-state index in [1.54, 1.807) is 30.3 Å². The van der Waals surface area contributed by atoms with Gasteiger partial charge in [-0.25, -0.2) is 8.42 Å². The molecule has 0 atom stereocenters. The summed E-state index contributed by atoms with van der Waals surface area (Å²) in [6.45, 7) is 3.42. The van der Waals surface area contributed by atoms with Gasteiger partial charge >= 0.3 is 0 Å². The molecule has 1 aliphatic rings. The summed E-state index contributed by atoms with van der Waals surface area (Å²) in [5.41, 5.74) is 0.834. The molecule has 0 bridgehead atoms. The Hall–Kier alpha value is -2.58. The number of methoxy groups -OCH3 is 1. The number of benzene rings is 2. The summed E-state index contributed by atoms with van der Waals surface area (Å²) >= 11 is 0. The third-order valence-electron chi connectivity index (χ3n) is 4.53. The quantitative estimate of drug-likeness (QED) is 0.766. The standard InChI is InChI=1S/C20H24N2O5S/c1-3-27-17-9-7-16(8-10-17)21-20(23)15-6-11-18(26-2)19(14-15)28(24,25)22-12-4-5-13-22/h6-11,14H,3-5,12-13H2,1-2H3,(H,21,23). The number of carbonyl (C=O) groups is 1. The van der Waals surface area contributed by atoms with Crippen molar-refractivity contribution in [2.24, 2.45) is 0 Å². The first-order valence-corrected chi connectivity index (χ1v) is 10.6. The summed E-state index contributed by atoms with van der Waals surface area (Å²) in [6.07, 6.45) is 1.67. The first-order valence-electron chi connectivity index (χ1n) is 9.18. The summed E-state index contributed by atoms with van der Waals surface area (Å²) in [4.78, 5) is 12.6. The molecule has 0 aliphatic carbocycles. The van der Waals surface area contributed by atoms with E-state index in [0.29, 0.717) is 31.1 Å². The zero-order valence-electron chi connectivity index (χ0n) is 16.0. The second-order valence-electron chi connectivity index (χ2n) is 6.39. The van der Waals surface area contributed by atoms with Crippen molar-refractivity contribution in [3.63, 3.8) is 0 Å². The van der Waals surface area contributed by atoms with Crippen LogP contribution in [0.15, 0.2) is 47.4 Å². The van der Waals surface area contributed by atoms with Crippen LogP contribution in [0.2, 0.25) is 0 Å². The fourth-order valence-electron chi connectivity index (χ4n) is 3.09. The maximum atomic E-state index is 12.9. The zero-order chi connectivity index (χ0) is 20.1. The molecule has 1 N–H and O–H groups in total. The van der Waals surface area contributed by atoms with Gasteiger partial charge in [-0.2, -0.15) is 4.31 Å². The Morgan fingerprint density at radius 3 is 2.39 bits per heavy atom. The van der Waals surface area contributed by atoms with Gasteiger partial charge in [0, 0.05) is 24.3 Å². The fraction of sp³-hybridized carbons (Fsp3) is 0.350. The van der Waals surface area contributed by atoms with Crippen LogP contribution >= 0.6 is 0 Å². The van der Waals surface area contributed by atoms with E-state index in [1.807, 2.05) is 6.92 Å². The molecule has 8 heteroatoms. The van der Waals surface area contributed by atoms with Gasteiger partial charge in [0.05, 0.1) is 13.7 Å². The molecule has 0 unspecified atom stereocenters. The van der Waals surface area contributed by atoms with Crippen molar-refractivity contribution >= 4 is 21.6 Å². The molecule has 1 saturated heterocycles. The molecule has 0 saturated carbocycles. The van der Waals surface area contributed by atoms with E-state index >= 15 is 0 Å². The number of hydrogen-bond acceptors (Lipinski definition) is 5. The molecule has 0 aromatic heterocycles. The van der Waals surface area contributed by atoms with Crippen molar-refractivity contribution in [3.05, 3.63) is 48.0 Å². The minimum absolute atomic E-state index is 0.0104. The van der Waals surface area contributed by atoms with E-state index in [1.165, 1.54) is 23.5 Å². The predicted octanol–water partition coefficient (Wildman–Crippen LogP) is 3.13. The van der Waals surface area contributed by atoms with Gasteiger partial charge in [-0.15, -0.1) is 0 Å². The van der Waals surface area contributed by atoms with E-state index in [0.717, 1.165) is 12.8 Å². The van der Waals surface area contributed by atoms with E-state index in [-0.39, 0.29) is 16.2 Å². The molecule has 2 aromatic carbocycles. The summed E-state index contributed by atoms with van der Waals surface area (Å²) in [6, 6.07) is 11.4. The van der Waals surface area contributed by atoms with Crippen molar-refractivity contribution in [3.8, 4) is 11.5 Å². The summed E-state index contributed by atoms with van der Waals surface area (Å²) < 4.78 is 37.9. The Bertz CT molecular complexity index is 936. The highest BCUT2D eigenvalue weighted by Crippen LogP contribution is 2.30. The first kappa shape index (κ1) is 20.2. The van der Waals surface area contributed by atoms with Crippen LogP contribution in [0, 0.1) is 0 Å². The normalized spacial score (nSPS) is 14.6. The average Bonchev–Trinajstić information content (AvgIpc) is 3.25. The Morgan fingerprint density at radius 1 is 1.11 bits per heavy atom. The van der Waals surface area contributed by atoms with Crippen molar-refractivity contribution < 1.29 is 22.7 Å². The monoisotopic (exact) mass is 404 g/mol. The highest BCUT2D eigenvalue weighted by Gasteiger charge is 2.30. The molecule has 3 rings (SSSR count). The van der Waals surface area contributed by atoms with Gasteiger partial charge in [0.1, 0.15) is 16.4 Å². The van der Waals surface area contributed by atoms with Crippen LogP contribution in [0.25, 0.3) is 0 Å². The topological polar surface area (TPSA) is 84.9 Å². The summed E-state index contributed by atoms with van der Waals surface area (Å²) in [7, 11) is -2.30. The van der Waals surface area contributed by atoms with Crippen LogP contribution in [-0.2, 0) is 10.0 Å². The smallest absolute Gasteiger partial charge is 0.255 e. The lowest BCUT2D eigenvalue weighted by atomic mass is 10.2. The summed E-state index contributed by atoms with van der Waals surface area (Å²) in [5.74, 6) is 0.540. The van der Waals surface area contributed by atoms with Crippen LogP contribution < -0.4 is 14.8 Å². The van der Waals surface area contributed by atoms with Gasteiger partial charge < -0.3 is 14.8 Å². The molecule has 2 aromatic rings. The van der Waals surface area contributed by atoms with Crippen molar-refractivity contribution in [2.75, 3.05) is 32.1 Å². The Balaban J connectivity index is 1.84. The van der Waals surface area contributed by atoms with Crippen LogP contribution in [0.5, 0.6) is 11.5 Å². The van der Waals surface area contributed by atoms with Gasteiger partial charge in [0.2, 0.25) is 10.0 Å². The number of sulfonamides is 1. The highest BCUT2D eigenvalue weighted by molar-refractivity contribution is 7.89. The predicted molar refractivity (Wildman–Crippen MR) is 107 cm³/mol. The lowest BCUT2D eigenvalue weighted by Crippen LogP contribution is -2.28. The molecule has 0 radical (unpaired) electrons. The molecule has 1 heterocycles. The van der Waals surface area contributed by atoms with Crippen LogP contribution in [0.1, 0.15) is 30.1 Å². The van der Waals surface area contributed by atoms with Crippen LogP contribution in [-0.4, -0.2) is 45.4 Å². The Labute approximate surface area is 165 Å². The molecule has 7 nitrogen and oxygen atoms in total. The van der Waals surface area contributed by atoms with Crippen molar-refractivity contribution in [1.29, 1.82) is 0 Å². The molecule has 28 heavy (non-hydrogen) atoms. The second-order valence-corrected chi connectivity index (χ2v) is 8.29. The number of ether oxygens (including phenoxy) is 2. The number of nitrogens with one attached hydrogen (secondary N) is 1. The molecule has 1 amide bonds. The van der Waals surface area contributed by atoms with E-state index in [9.17, 15) is 13.2 Å². The Morgan fingerprint density at radius 2 is 1.79 bits per heavy atom. The second kappa shape index (κ2) is 8.62. The number of nitrogens with zero attached hydrogens (tertiary/aromatic N) is 1. The SMILES string of the molecule is CCOc1ccc(NC(=O)c2ccc(OC)c(S(=O)(=O)N3CCCC3)c2)cc1. The maximum absolute atomic E-state index is 12.9. The van der Waals surface area contributed by atoms with Gasteiger partial charge in [0.15, 0.2) is 0 Å². The zero-order valence-corrected chi connectivity index (χ0v) is 16.8. The van der Waals surface area contributed by atoms with Crippen LogP contribution in [0.3, 0.4) is 0 Å². The van der Waals surface area contributed by atoms with Gasteiger partial charge in [-0.3, -0.25) is 4.79 Å². The molecular weight excluding hydrogens is 380 g/mol. The number of rotatable bonds is 7. The lowest BCUT2D eigenvalue weighted by Gasteiger charge is -2.18.